The van der Waals surface area contributed by atoms with E-state index in [9.17, 15) is 19.8 Å². The third kappa shape index (κ3) is 7.69. The second kappa shape index (κ2) is 16.3. The molecule has 8 bridgehead atoms. The van der Waals surface area contributed by atoms with Gasteiger partial charge in [-0.25, -0.2) is 29.6 Å². The molecule has 8 heteroatoms. The second-order valence-corrected chi connectivity index (χ2v) is 14.0. The van der Waals surface area contributed by atoms with Crippen molar-refractivity contribution in [2.75, 3.05) is 0 Å². The van der Waals surface area contributed by atoms with E-state index in [1.165, 1.54) is 0 Å². The lowest BCUT2D eigenvalue weighted by Crippen LogP contribution is -2.05. The Morgan fingerprint density at radius 2 is 0.796 bits per heavy atom. The highest BCUT2D eigenvalue weighted by molar-refractivity contribution is 6.34. The van der Waals surface area contributed by atoms with Gasteiger partial charge in [-0.05, 0) is 110 Å². The molecule has 0 amide bonds. The first-order valence-electron chi connectivity index (χ1n) is 19.1. The Hall–Kier alpha value is -6.02. The minimum Gasteiger partial charge on any atom is -0.478 e. The van der Waals surface area contributed by atoms with Gasteiger partial charge in [0.1, 0.15) is 0 Å². The van der Waals surface area contributed by atoms with Gasteiger partial charge in [0, 0.05) is 22.3 Å². The van der Waals surface area contributed by atoms with E-state index in [1.807, 2.05) is 48.6 Å². The predicted molar refractivity (Wildman–Crippen MR) is 219 cm³/mol. The average Bonchev–Trinajstić information content (AvgIpc) is 4.02. The highest BCUT2D eigenvalue weighted by atomic mass is 16.4. The van der Waals surface area contributed by atoms with Crippen LogP contribution in [-0.4, -0.2) is 45.0 Å². The van der Waals surface area contributed by atoms with Crippen LogP contribution in [-0.2, 0) is 0 Å². The highest BCUT2D eigenvalue weighted by Gasteiger charge is 2.26. The molecule has 7 rings (SSSR count). The van der Waals surface area contributed by atoms with Crippen LogP contribution in [0.3, 0.4) is 0 Å². The number of benzene rings is 2. The largest absolute Gasteiger partial charge is 0.478 e. The molecule has 0 aromatic heterocycles. The third-order valence-electron chi connectivity index (χ3n) is 10.2. The Labute approximate surface area is 316 Å². The molecule has 0 saturated heterocycles. The van der Waals surface area contributed by atoms with Crippen LogP contribution in [0.5, 0.6) is 0 Å². The number of rotatable bonds is 14. The van der Waals surface area contributed by atoms with E-state index in [4.69, 9.17) is 20.0 Å². The Balaban J connectivity index is 1.45. The van der Waals surface area contributed by atoms with E-state index in [2.05, 4.69) is 38.2 Å². The number of hydrogen-bond donors (Lipinski definition) is 2. The van der Waals surface area contributed by atoms with Crippen LogP contribution in [0, 0.1) is 0 Å². The van der Waals surface area contributed by atoms with Gasteiger partial charge in [0.25, 0.3) is 0 Å². The standard InChI is InChI=1S/C46H44N4O4/c1-3-5-7-9-11-33-35-21-25-39(47-35)43(29-13-17-31(18-14-29)45(51)52)41-27-23-37(49-41)34(12-10-8-6-4-2)38-24-28-42(50-38)44(40-26-22-36(33)48-40)30-15-19-32(20-16-30)46(53)54/h13-28H,3-12H2,1-2H3,(H,51,52)(H,53,54). The molecule has 0 aliphatic carbocycles. The maximum atomic E-state index is 11.8. The zero-order valence-electron chi connectivity index (χ0n) is 30.8. The minimum absolute atomic E-state index is 0.218. The molecule has 2 aromatic carbocycles. The fourth-order valence-electron chi connectivity index (χ4n) is 7.32. The number of unbranched alkanes of at least 4 members (excludes halogenated alkanes) is 6. The predicted octanol–water partition coefficient (Wildman–Crippen LogP) is 10.7. The average molecular weight is 717 g/mol. The van der Waals surface area contributed by atoms with Crippen LogP contribution < -0.4 is 0 Å². The number of allylic oxidation sites excluding steroid dienone is 12. The van der Waals surface area contributed by atoms with E-state index in [1.54, 1.807) is 24.3 Å². The molecule has 0 fully saturated rings. The van der Waals surface area contributed by atoms with Gasteiger partial charge in [-0.1, -0.05) is 76.6 Å². The summed E-state index contributed by atoms with van der Waals surface area (Å²) >= 11 is 0. The lowest BCUT2D eigenvalue weighted by Gasteiger charge is -2.12. The molecule has 5 aliphatic heterocycles. The lowest BCUT2D eigenvalue weighted by atomic mass is 9.97. The summed E-state index contributed by atoms with van der Waals surface area (Å²) in [6, 6.07) is 13.8. The van der Waals surface area contributed by atoms with E-state index in [-0.39, 0.29) is 11.1 Å². The molecule has 272 valence electrons. The summed E-state index contributed by atoms with van der Waals surface area (Å²) in [6.07, 6.45) is 26.7. The van der Waals surface area contributed by atoms with Crippen molar-refractivity contribution in [2.45, 2.75) is 78.1 Å². The van der Waals surface area contributed by atoms with Crippen molar-refractivity contribution in [3.63, 3.8) is 0 Å². The minimum atomic E-state index is -0.975. The number of aliphatic imine (C=N–C) groups is 4. The fourth-order valence-corrected chi connectivity index (χ4v) is 7.32. The lowest BCUT2D eigenvalue weighted by molar-refractivity contribution is 0.0686. The number of fused-ring (bicyclic) bond motifs is 4. The van der Waals surface area contributed by atoms with E-state index < -0.39 is 11.9 Å². The van der Waals surface area contributed by atoms with Crippen molar-refractivity contribution in [1.82, 2.24) is 0 Å². The number of nitrogens with zero attached hydrogens (tertiary/aromatic N) is 4. The SMILES string of the molecule is CCCCCCC1=C2C=CC(=N2)C(c2ccc(C(=O)O)cc2)=C2C=CC(=N2)C(CCCCCC)=C2C=CC(=N2)C(c2ccc(C(=O)O)cc2)=C2C=CC1=N2. The molecule has 8 nitrogen and oxygen atoms in total. The molecule has 5 heterocycles. The second-order valence-electron chi connectivity index (χ2n) is 14.0. The monoisotopic (exact) mass is 716 g/mol. The number of carbonyl (C=O) groups is 2. The van der Waals surface area contributed by atoms with Gasteiger partial charge in [-0.2, -0.15) is 0 Å². The van der Waals surface area contributed by atoms with Crippen LogP contribution >= 0.6 is 0 Å². The van der Waals surface area contributed by atoms with Crippen molar-refractivity contribution in [2.24, 2.45) is 20.0 Å². The molecule has 0 saturated carbocycles. The molecule has 54 heavy (non-hydrogen) atoms. The third-order valence-corrected chi connectivity index (χ3v) is 10.2. The summed E-state index contributed by atoms with van der Waals surface area (Å²) in [4.78, 5) is 44.5. The Kier molecular flexibility index (Phi) is 11.0. The van der Waals surface area contributed by atoms with Crippen LogP contribution in [0.1, 0.15) is 110 Å². The molecule has 0 radical (unpaired) electrons. The molecule has 0 atom stereocenters. The van der Waals surface area contributed by atoms with Crippen molar-refractivity contribution >= 4 is 45.9 Å². The van der Waals surface area contributed by atoms with E-state index in [0.717, 1.165) is 143 Å². The van der Waals surface area contributed by atoms with Gasteiger partial charge >= 0.3 is 11.9 Å². The number of aromatic carboxylic acids is 2. The number of carboxylic acid groups (broad SMARTS) is 2. The summed E-state index contributed by atoms with van der Waals surface area (Å²) in [5.41, 5.74) is 12.3. The highest BCUT2D eigenvalue weighted by Crippen LogP contribution is 2.37. The quantitative estimate of drug-likeness (QED) is 0.189. The summed E-state index contributed by atoms with van der Waals surface area (Å²) in [5, 5.41) is 19.3. The number of carboxylic acids is 2. The van der Waals surface area contributed by atoms with Gasteiger partial charge in [0.15, 0.2) is 0 Å². The van der Waals surface area contributed by atoms with E-state index in [0.29, 0.717) is 0 Å². The molecular formula is C46H44N4O4. The van der Waals surface area contributed by atoms with Crippen LogP contribution in [0.15, 0.2) is 151 Å². The van der Waals surface area contributed by atoms with Crippen molar-refractivity contribution in [1.29, 1.82) is 0 Å². The van der Waals surface area contributed by atoms with Crippen molar-refractivity contribution in [3.8, 4) is 0 Å². The van der Waals surface area contributed by atoms with Gasteiger partial charge in [0.05, 0.1) is 56.8 Å². The zero-order chi connectivity index (χ0) is 37.6. The topological polar surface area (TPSA) is 124 Å². The summed E-state index contributed by atoms with van der Waals surface area (Å²) < 4.78 is 0. The molecule has 0 unspecified atom stereocenters. The Morgan fingerprint density at radius 3 is 1.17 bits per heavy atom. The molecule has 0 spiro atoms. The molecule has 2 N–H and O–H groups in total. The molecule has 2 aromatic rings. The number of hydrogen-bond acceptors (Lipinski definition) is 6. The fraction of sp³-hybridized carbons (Fsp3) is 0.261. The summed E-state index contributed by atoms with van der Waals surface area (Å²) in [6.45, 7) is 4.41. The van der Waals surface area contributed by atoms with Gasteiger partial charge < -0.3 is 10.2 Å². The Bertz CT molecular complexity index is 2100. The van der Waals surface area contributed by atoms with Gasteiger partial charge in [-0.15, -0.1) is 0 Å². The summed E-state index contributed by atoms with van der Waals surface area (Å²) in [7, 11) is 0. The molecule has 5 aliphatic rings. The first kappa shape index (κ1) is 36.3. The van der Waals surface area contributed by atoms with Crippen LogP contribution in [0.25, 0.3) is 11.1 Å². The Morgan fingerprint density at radius 1 is 0.444 bits per heavy atom. The van der Waals surface area contributed by atoms with Gasteiger partial charge in [-0.3, -0.25) is 0 Å². The zero-order valence-corrected chi connectivity index (χ0v) is 30.8. The van der Waals surface area contributed by atoms with Gasteiger partial charge in [0.2, 0.25) is 0 Å². The van der Waals surface area contributed by atoms with Crippen molar-refractivity contribution in [3.05, 3.63) is 153 Å². The van der Waals surface area contributed by atoms with Crippen LogP contribution in [0.2, 0.25) is 0 Å². The van der Waals surface area contributed by atoms with Crippen molar-refractivity contribution < 1.29 is 19.8 Å². The van der Waals surface area contributed by atoms with Crippen LogP contribution in [0.4, 0.5) is 0 Å². The first-order chi connectivity index (χ1) is 26.3. The normalized spacial score (nSPS) is 17.2. The maximum Gasteiger partial charge on any atom is 0.335 e. The first-order valence-corrected chi connectivity index (χ1v) is 19.1. The maximum absolute atomic E-state index is 11.8. The van der Waals surface area contributed by atoms with E-state index >= 15 is 0 Å². The summed E-state index contributed by atoms with van der Waals surface area (Å²) in [5.74, 6) is -1.95. The smallest absolute Gasteiger partial charge is 0.335 e. The molecular weight excluding hydrogens is 673 g/mol.